The van der Waals surface area contributed by atoms with Crippen molar-refractivity contribution in [3.05, 3.63) is 70.6 Å². The second kappa shape index (κ2) is 12.6. The Labute approximate surface area is 204 Å². The molecule has 1 unspecified atom stereocenters. The number of aliphatic carboxylic acids is 1. The fourth-order valence-electron chi connectivity index (χ4n) is 3.62. The molecule has 1 aliphatic heterocycles. The number of thioether (sulfide) groups is 1. The Morgan fingerprint density at radius 1 is 1.06 bits per heavy atom. The van der Waals surface area contributed by atoms with Gasteiger partial charge in [-0.25, -0.2) is 4.79 Å². The number of carboxylic acid groups (broad SMARTS) is 1. The number of thiocarbonyl (C=S) groups is 1. The summed E-state index contributed by atoms with van der Waals surface area (Å²) in [4.78, 5) is 26.6. The summed E-state index contributed by atoms with van der Waals surface area (Å²) >= 11 is 6.48. The molecule has 2 aromatic rings. The number of ether oxygens (including phenoxy) is 1. The lowest BCUT2D eigenvalue weighted by Crippen LogP contribution is -2.37. The first-order valence-corrected chi connectivity index (χ1v) is 12.5. The first-order chi connectivity index (χ1) is 16.0. The summed E-state index contributed by atoms with van der Waals surface area (Å²) in [6.45, 7) is 2.91. The molecule has 7 heteroatoms. The molecule has 2 aromatic carbocycles. The van der Waals surface area contributed by atoms with Gasteiger partial charge in [-0.05, 0) is 35.8 Å². The van der Waals surface area contributed by atoms with E-state index in [1.165, 1.54) is 37.0 Å². The van der Waals surface area contributed by atoms with Crippen LogP contribution in [0.2, 0.25) is 0 Å². The Morgan fingerprint density at radius 2 is 1.73 bits per heavy atom. The summed E-state index contributed by atoms with van der Waals surface area (Å²) in [5.74, 6) is -0.724. The van der Waals surface area contributed by atoms with Crippen LogP contribution in [0.4, 0.5) is 0 Å². The van der Waals surface area contributed by atoms with Gasteiger partial charge in [-0.2, -0.15) is 0 Å². The van der Waals surface area contributed by atoms with Crippen LogP contribution in [0.25, 0.3) is 6.08 Å². The highest BCUT2D eigenvalue weighted by Crippen LogP contribution is 2.38. The van der Waals surface area contributed by atoms with Crippen molar-refractivity contribution in [1.29, 1.82) is 0 Å². The van der Waals surface area contributed by atoms with Crippen molar-refractivity contribution in [3.8, 4) is 5.75 Å². The minimum atomic E-state index is -1.15. The summed E-state index contributed by atoms with van der Waals surface area (Å²) in [5, 5.41) is 9.78. The van der Waals surface area contributed by atoms with Crippen LogP contribution in [-0.4, -0.2) is 32.8 Å². The fourth-order valence-corrected chi connectivity index (χ4v) is 4.94. The average molecular weight is 484 g/mol. The van der Waals surface area contributed by atoms with Gasteiger partial charge in [0.25, 0.3) is 5.91 Å². The van der Waals surface area contributed by atoms with Gasteiger partial charge in [-0.3, -0.25) is 9.69 Å². The normalized spacial score (nSPS) is 15.8. The third kappa shape index (κ3) is 6.92. The van der Waals surface area contributed by atoms with Gasteiger partial charge in [0.05, 0.1) is 11.5 Å². The van der Waals surface area contributed by atoms with Gasteiger partial charge in [0, 0.05) is 0 Å². The van der Waals surface area contributed by atoms with E-state index in [4.69, 9.17) is 17.0 Å². The molecule has 1 amide bonds. The Morgan fingerprint density at radius 3 is 2.39 bits per heavy atom. The van der Waals surface area contributed by atoms with Gasteiger partial charge < -0.3 is 9.84 Å². The van der Waals surface area contributed by atoms with Crippen LogP contribution < -0.4 is 4.74 Å². The standard InChI is InChI=1S/C26H29NO4S2/c1-2-3-4-5-6-10-17-31-21-15-13-19(14-16-21)18-22-24(28)27(26(32)33-22)23(25(29)30)20-11-8-7-9-12-20/h7-9,11-16,18,23H,2-6,10,17H2,1H3,(H,29,30)/b22-18+. The maximum atomic E-state index is 13.0. The van der Waals surface area contributed by atoms with Gasteiger partial charge in [0.2, 0.25) is 0 Å². The summed E-state index contributed by atoms with van der Waals surface area (Å²) in [6, 6.07) is 15.0. The molecule has 174 valence electrons. The quantitative estimate of drug-likeness (QED) is 0.212. The highest BCUT2D eigenvalue weighted by atomic mass is 32.2. The molecule has 1 heterocycles. The molecule has 5 nitrogen and oxygen atoms in total. The number of unbranched alkanes of at least 4 members (excludes halogenated alkanes) is 5. The predicted molar refractivity (Wildman–Crippen MR) is 137 cm³/mol. The molecule has 33 heavy (non-hydrogen) atoms. The van der Waals surface area contributed by atoms with Gasteiger partial charge in [-0.15, -0.1) is 0 Å². The molecule has 1 aliphatic rings. The monoisotopic (exact) mass is 483 g/mol. The lowest BCUT2D eigenvalue weighted by Gasteiger charge is -2.23. The predicted octanol–water partition coefficient (Wildman–Crippen LogP) is 6.45. The largest absolute Gasteiger partial charge is 0.494 e. The zero-order chi connectivity index (χ0) is 23.6. The Kier molecular flexibility index (Phi) is 9.51. The first kappa shape index (κ1) is 25.0. The summed E-state index contributed by atoms with van der Waals surface area (Å²) < 4.78 is 6.05. The summed E-state index contributed by atoms with van der Waals surface area (Å²) in [5.41, 5.74) is 1.34. The topological polar surface area (TPSA) is 66.8 Å². The molecule has 0 aliphatic carbocycles. The molecule has 0 aromatic heterocycles. The molecular formula is C26H29NO4S2. The number of hydrogen-bond donors (Lipinski definition) is 1. The van der Waals surface area contributed by atoms with Crippen molar-refractivity contribution in [2.45, 2.75) is 51.5 Å². The smallest absolute Gasteiger partial charge is 0.331 e. The number of carbonyl (C=O) groups excluding carboxylic acids is 1. The second-order valence-electron chi connectivity index (χ2n) is 7.89. The summed E-state index contributed by atoms with van der Waals surface area (Å²) in [6.07, 6.45) is 9.04. The SMILES string of the molecule is CCCCCCCCOc1ccc(/C=C2/SC(=S)N(C(C(=O)O)c3ccccc3)C2=O)cc1. The molecule has 0 spiro atoms. The Balaban J connectivity index is 1.61. The van der Waals surface area contributed by atoms with Gasteiger partial charge in [0.1, 0.15) is 10.1 Å². The maximum Gasteiger partial charge on any atom is 0.331 e. The minimum absolute atomic E-state index is 0.237. The van der Waals surface area contributed by atoms with E-state index < -0.39 is 17.9 Å². The molecule has 1 atom stereocenters. The first-order valence-electron chi connectivity index (χ1n) is 11.3. The third-order valence-corrected chi connectivity index (χ3v) is 6.71. The number of nitrogens with zero attached hydrogens (tertiary/aromatic N) is 1. The van der Waals surface area contributed by atoms with E-state index in [0.29, 0.717) is 17.1 Å². The number of hydrogen-bond acceptors (Lipinski definition) is 5. The number of carboxylic acids is 1. The second-order valence-corrected chi connectivity index (χ2v) is 9.56. The Bertz CT molecular complexity index is 989. The van der Waals surface area contributed by atoms with E-state index in [-0.39, 0.29) is 4.32 Å². The minimum Gasteiger partial charge on any atom is -0.494 e. The zero-order valence-electron chi connectivity index (χ0n) is 18.7. The van der Waals surface area contributed by atoms with Crippen LogP contribution in [0.1, 0.15) is 62.6 Å². The van der Waals surface area contributed by atoms with Crippen molar-refractivity contribution in [1.82, 2.24) is 4.90 Å². The van der Waals surface area contributed by atoms with E-state index in [1.54, 1.807) is 36.4 Å². The van der Waals surface area contributed by atoms with Crippen molar-refractivity contribution < 1.29 is 19.4 Å². The average Bonchev–Trinajstić information content (AvgIpc) is 3.08. The highest BCUT2D eigenvalue weighted by molar-refractivity contribution is 8.26. The number of benzene rings is 2. The van der Waals surface area contributed by atoms with E-state index >= 15 is 0 Å². The van der Waals surface area contributed by atoms with Crippen LogP contribution in [0, 0.1) is 0 Å². The van der Waals surface area contributed by atoms with Gasteiger partial charge in [-0.1, -0.05) is 105 Å². The van der Waals surface area contributed by atoms with E-state index in [9.17, 15) is 14.7 Å². The van der Waals surface area contributed by atoms with Crippen molar-refractivity contribution in [2.24, 2.45) is 0 Å². The van der Waals surface area contributed by atoms with Crippen LogP contribution in [0.3, 0.4) is 0 Å². The maximum absolute atomic E-state index is 13.0. The fraction of sp³-hybridized carbons (Fsp3) is 0.346. The van der Waals surface area contributed by atoms with E-state index in [0.717, 1.165) is 29.5 Å². The summed E-state index contributed by atoms with van der Waals surface area (Å²) in [7, 11) is 0. The highest BCUT2D eigenvalue weighted by Gasteiger charge is 2.41. The van der Waals surface area contributed by atoms with Crippen LogP contribution in [0.15, 0.2) is 59.5 Å². The molecule has 1 fully saturated rings. The molecule has 0 radical (unpaired) electrons. The molecule has 1 saturated heterocycles. The van der Waals surface area contributed by atoms with Crippen molar-refractivity contribution in [3.63, 3.8) is 0 Å². The number of amides is 1. The van der Waals surface area contributed by atoms with Crippen molar-refractivity contribution >= 4 is 46.3 Å². The lowest BCUT2D eigenvalue weighted by molar-refractivity contribution is -0.145. The van der Waals surface area contributed by atoms with Crippen LogP contribution in [-0.2, 0) is 9.59 Å². The van der Waals surface area contributed by atoms with Crippen LogP contribution >= 0.6 is 24.0 Å². The molecular weight excluding hydrogens is 454 g/mol. The van der Waals surface area contributed by atoms with E-state index in [2.05, 4.69) is 6.92 Å². The molecule has 3 rings (SSSR count). The Hall–Kier alpha value is -2.64. The van der Waals surface area contributed by atoms with Crippen LogP contribution in [0.5, 0.6) is 5.75 Å². The molecule has 0 saturated carbocycles. The zero-order valence-corrected chi connectivity index (χ0v) is 20.4. The number of rotatable bonds is 12. The lowest BCUT2D eigenvalue weighted by atomic mass is 10.1. The number of carbonyl (C=O) groups is 2. The van der Waals surface area contributed by atoms with Crippen molar-refractivity contribution in [2.75, 3.05) is 6.61 Å². The van der Waals surface area contributed by atoms with Gasteiger partial charge >= 0.3 is 5.97 Å². The molecule has 0 bridgehead atoms. The van der Waals surface area contributed by atoms with Gasteiger partial charge in [0.15, 0.2) is 6.04 Å². The van der Waals surface area contributed by atoms with E-state index in [1.807, 2.05) is 24.3 Å². The molecule has 1 N–H and O–H groups in total. The third-order valence-electron chi connectivity index (χ3n) is 5.38.